The average molecular weight is 280 g/mol. The molecule has 0 atom stereocenters. The molecule has 15 heavy (non-hydrogen) atoms. The van der Waals surface area contributed by atoms with Crippen molar-refractivity contribution >= 4 is 16.4 Å². The molecule has 0 aromatic carbocycles. The van der Waals surface area contributed by atoms with Gasteiger partial charge in [-0.3, -0.25) is 0 Å². The Hall–Kier alpha value is 0.0795. The van der Waals surface area contributed by atoms with Gasteiger partial charge in [-0.05, 0) is 73.1 Å². The SMILES string of the molecule is Cc1c[pH]cc1C.Cc1c[pH]cc1C.[Fe]. The minimum Gasteiger partial charge on any atom is -0.139 e. The van der Waals surface area contributed by atoms with Gasteiger partial charge in [0.15, 0.2) is 0 Å². The van der Waals surface area contributed by atoms with Crippen LogP contribution in [0.15, 0.2) is 23.2 Å². The summed E-state index contributed by atoms with van der Waals surface area (Å²) in [6.45, 7) is 8.63. The van der Waals surface area contributed by atoms with Gasteiger partial charge in [0.25, 0.3) is 0 Å². The largest absolute Gasteiger partial charge is 0.139 e. The first-order valence-electron chi connectivity index (χ1n) is 4.81. The Bertz CT molecular complexity index is 316. The first kappa shape index (κ1) is 15.1. The predicted molar refractivity (Wildman–Crippen MR) is 70.8 cm³/mol. The van der Waals surface area contributed by atoms with Crippen LogP contribution in [0.4, 0.5) is 0 Å². The second kappa shape index (κ2) is 7.37. The second-order valence-electron chi connectivity index (χ2n) is 3.64. The first-order chi connectivity index (χ1) is 6.61. The number of hydrogen-bond donors (Lipinski definition) is 0. The first-order valence-corrected chi connectivity index (χ1v) is 7.12. The molecule has 2 rings (SSSR count). The van der Waals surface area contributed by atoms with Crippen molar-refractivity contribution in [2.24, 2.45) is 0 Å². The van der Waals surface area contributed by atoms with E-state index in [1.165, 1.54) is 22.3 Å². The van der Waals surface area contributed by atoms with Crippen molar-refractivity contribution in [3.05, 3.63) is 45.4 Å². The third kappa shape index (κ3) is 5.10. The van der Waals surface area contributed by atoms with E-state index in [9.17, 15) is 0 Å². The zero-order valence-corrected chi connectivity index (χ0v) is 12.8. The Labute approximate surface area is 107 Å². The van der Waals surface area contributed by atoms with Crippen molar-refractivity contribution < 1.29 is 17.1 Å². The summed E-state index contributed by atoms with van der Waals surface area (Å²) in [4.78, 5) is 0. The van der Waals surface area contributed by atoms with Crippen LogP contribution in [0.2, 0.25) is 0 Å². The molecule has 0 amide bonds. The predicted octanol–water partition coefficient (Wildman–Crippen LogP) is 4.67. The van der Waals surface area contributed by atoms with Crippen LogP contribution in [0.1, 0.15) is 22.3 Å². The van der Waals surface area contributed by atoms with E-state index in [0.717, 1.165) is 16.4 Å². The van der Waals surface area contributed by atoms with Crippen LogP contribution in [-0.2, 0) is 17.1 Å². The molecule has 2 aromatic heterocycles. The Morgan fingerprint density at radius 3 is 0.867 bits per heavy atom. The van der Waals surface area contributed by atoms with Gasteiger partial charge < -0.3 is 0 Å². The van der Waals surface area contributed by atoms with Crippen LogP contribution < -0.4 is 0 Å². The molecule has 3 heteroatoms. The Balaban J connectivity index is 0.000000245. The third-order valence-corrected chi connectivity index (χ3v) is 4.84. The zero-order valence-electron chi connectivity index (χ0n) is 9.66. The quantitative estimate of drug-likeness (QED) is 0.615. The third-order valence-electron chi connectivity index (χ3n) is 2.44. The molecule has 0 aliphatic rings. The van der Waals surface area contributed by atoms with Crippen LogP contribution in [0.25, 0.3) is 0 Å². The normalized spacial score (nSPS) is 8.80. The van der Waals surface area contributed by atoms with Crippen LogP contribution in [0, 0.1) is 27.7 Å². The van der Waals surface area contributed by atoms with Crippen molar-refractivity contribution in [1.29, 1.82) is 0 Å². The van der Waals surface area contributed by atoms with Gasteiger partial charge in [-0.15, -0.1) is 16.4 Å². The van der Waals surface area contributed by atoms with E-state index in [-0.39, 0.29) is 17.1 Å². The number of aryl methyl sites for hydroxylation is 4. The maximum atomic E-state index is 2.27. The van der Waals surface area contributed by atoms with E-state index < -0.39 is 0 Å². The van der Waals surface area contributed by atoms with E-state index in [1.54, 1.807) is 0 Å². The summed E-state index contributed by atoms with van der Waals surface area (Å²) >= 11 is 0. The number of hydrogen-bond acceptors (Lipinski definition) is 0. The van der Waals surface area contributed by atoms with E-state index in [1.807, 2.05) is 0 Å². The van der Waals surface area contributed by atoms with Crippen LogP contribution in [0.5, 0.6) is 0 Å². The van der Waals surface area contributed by atoms with Gasteiger partial charge in [0, 0.05) is 17.1 Å². The van der Waals surface area contributed by atoms with E-state index in [0.29, 0.717) is 0 Å². The van der Waals surface area contributed by atoms with E-state index >= 15 is 0 Å². The van der Waals surface area contributed by atoms with Gasteiger partial charge >= 0.3 is 0 Å². The minimum absolute atomic E-state index is 0. The Morgan fingerprint density at radius 2 is 0.800 bits per heavy atom. The monoisotopic (exact) mass is 280 g/mol. The van der Waals surface area contributed by atoms with Gasteiger partial charge in [-0.1, -0.05) is 0 Å². The maximum absolute atomic E-state index is 2.27. The van der Waals surface area contributed by atoms with Crippen molar-refractivity contribution in [2.75, 3.05) is 0 Å². The van der Waals surface area contributed by atoms with Crippen molar-refractivity contribution in [3.63, 3.8) is 0 Å². The standard InChI is InChI=1S/2C6H9P.Fe/c2*1-5-3-7-4-6(5)2;/h2*3-4,7H,1-2H3;. The smallest absolute Gasteiger partial charge is 0 e. The summed E-state index contributed by atoms with van der Waals surface area (Å²) in [5, 5.41) is 0. The molecule has 0 bridgehead atoms. The fraction of sp³-hybridized carbons (Fsp3) is 0.333. The molecule has 2 aromatic rings. The van der Waals surface area contributed by atoms with E-state index in [4.69, 9.17) is 0 Å². The molecule has 84 valence electrons. The molecule has 0 unspecified atom stereocenters. The average Bonchev–Trinajstić information content (AvgIpc) is 2.67. The van der Waals surface area contributed by atoms with Crippen molar-refractivity contribution in [3.8, 4) is 0 Å². The summed E-state index contributed by atoms with van der Waals surface area (Å²) in [7, 11) is 1.89. The molecule has 0 aliphatic heterocycles. The van der Waals surface area contributed by atoms with Crippen molar-refractivity contribution in [1.82, 2.24) is 0 Å². The fourth-order valence-electron chi connectivity index (χ4n) is 1.04. The Kier molecular flexibility index (Phi) is 7.41. The van der Waals surface area contributed by atoms with Gasteiger partial charge in [0.1, 0.15) is 0 Å². The summed E-state index contributed by atoms with van der Waals surface area (Å²) in [5.74, 6) is 9.09. The second-order valence-corrected chi connectivity index (χ2v) is 5.46. The molecule has 2 heterocycles. The molecule has 0 aliphatic carbocycles. The molecule has 0 saturated heterocycles. The van der Waals surface area contributed by atoms with Gasteiger partial charge in [0.05, 0.1) is 0 Å². The molecule has 0 saturated carbocycles. The van der Waals surface area contributed by atoms with Crippen LogP contribution in [0.3, 0.4) is 0 Å². The summed E-state index contributed by atoms with van der Waals surface area (Å²) in [6, 6.07) is 0. The fourth-order valence-corrected chi connectivity index (χ4v) is 3.12. The molecule has 0 spiro atoms. The van der Waals surface area contributed by atoms with Crippen molar-refractivity contribution in [2.45, 2.75) is 27.7 Å². The maximum Gasteiger partial charge on any atom is 0 e. The molecule has 0 fully saturated rings. The molecule has 0 N–H and O–H groups in total. The van der Waals surface area contributed by atoms with Gasteiger partial charge in [-0.25, -0.2) is 0 Å². The molecule has 0 nitrogen and oxygen atoms in total. The summed E-state index contributed by atoms with van der Waals surface area (Å²) in [6.07, 6.45) is 0. The van der Waals surface area contributed by atoms with Crippen LogP contribution >= 0.6 is 16.4 Å². The van der Waals surface area contributed by atoms with Gasteiger partial charge in [0.2, 0.25) is 0 Å². The Morgan fingerprint density at radius 1 is 0.600 bits per heavy atom. The summed E-state index contributed by atoms with van der Waals surface area (Å²) in [5.41, 5.74) is 5.83. The number of rotatable bonds is 0. The molecule has 0 radical (unpaired) electrons. The van der Waals surface area contributed by atoms with Gasteiger partial charge in [-0.2, -0.15) is 0 Å². The van der Waals surface area contributed by atoms with Crippen LogP contribution in [-0.4, -0.2) is 0 Å². The topological polar surface area (TPSA) is 0 Å². The molecular formula is C12H18FeP2. The minimum atomic E-state index is 0. The zero-order chi connectivity index (χ0) is 10.6. The summed E-state index contributed by atoms with van der Waals surface area (Å²) < 4.78 is 0. The molecular weight excluding hydrogens is 262 g/mol. The van der Waals surface area contributed by atoms with E-state index in [2.05, 4.69) is 50.9 Å².